The largest absolute Gasteiger partial charge is 0.494 e. The minimum atomic E-state index is -0.235. The van der Waals surface area contributed by atoms with E-state index in [-0.39, 0.29) is 5.82 Å². The molecule has 0 radical (unpaired) electrons. The van der Waals surface area contributed by atoms with Gasteiger partial charge in [0.1, 0.15) is 11.6 Å². The highest BCUT2D eigenvalue weighted by Gasteiger charge is 2.01. The average molecular weight is 329 g/mol. The molecule has 0 spiro atoms. The van der Waals surface area contributed by atoms with Crippen LogP contribution in [0.4, 0.5) is 4.39 Å². The smallest absolute Gasteiger partial charge is 0.191 e. The van der Waals surface area contributed by atoms with Crippen LogP contribution in [0, 0.1) is 5.82 Å². The van der Waals surface area contributed by atoms with Crippen molar-refractivity contribution < 1.29 is 9.13 Å². The highest BCUT2D eigenvalue weighted by molar-refractivity contribution is 5.79. The molecule has 0 atom stereocenters. The van der Waals surface area contributed by atoms with Crippen LogP contribution >= 0.6 is 0 Å². The summed E-state index contributed by atoms with van der Waals surface area (Å²) in [6.45, 7) is 3.94. The van der Waals surface area contributed by atoms with Gasteiger partial charge in [-0.25, -0.2) is 4.39 Å². The van der Waals surface area contributed by atoms with E-state index in [1.54, 1.807) is 13.1 Å². The predicted molar refractivity (Wildman–Crippen MR) is 95.7 cm³/mol. The number of nitrogens with one attached hydrogen (secondary N) is 2. The molecule has 128 valence electrons. The first kappa shape index (κ1) is 17.8. The van der Waals surface area contributed by atoms with E-state index in [2.05, 4.69) is 22.5 Å². The van der Waals surface area contributed by atoms with Gasteiger partial charge in [-0.1, -0.05) is 31.2 Å². The summed E-state index contributed by atoms with van der Waals surface area (Å²) in [4.78, 5) is 4.18. The predicted octanol–water partition coefficient (Wildman–Crippen LogP) is 3.48. The van der Waals surface area contributed by atoms with Crippen molar-refractivity contribution in [2.75, 3.05) is 13.7 Å². The van der Waals surface area contributed by atoms with Gasteiger partial charge in [0, 0.05) is 20.1 Å². The molecule has 0 aliphatic rings. The van der Waals surface area contributed by atoms with Gasteiger partial charge in [-0.15, -0.1) is 0 Å². The number of ether oxygens (including phenoxy) is 1. The third-order valence-electron chi connectivity index (χ3n) is 3.40. The van der Waals surface area contributed by atoms with Crippen LogP contribution in [-0.4, -0.2) is 19.6 Å². The van der Waals surface area contributed by atoms with E-state index in [0.29, 0.717) is 25.7 Å². The molecule has 0 aliphatic heterocycles. The summed E-state index contributed by atoms with van der Waals surface area (Å²) in [6, 6.07) is 14.5. The maximum absolute atomic E-state index is 13.2. The summed E-state index contributed by atoms with van der Waals surface area (Å²) >= 11 is 0. The van der Waals surface area contributed by atoms with Gasteiger partial charge in [-0.05, 0) is 41.8 Å². The second-order valence-corrected chi connectivity index (χ2v) is 5.41. The SMILES string of the molecule is CCCOc1cccc(CNC(=NC)NCc2cccc(F)c2)c1. The maximum Gasteiger partial charge on any atom is 0.191 e. The third kappa shape index (κ3) is 5.91. The lowest BCUT2D eigenvalue weighted by Crippen LogP contribution is -2.36. The molecule has 0 heterocycles. The molecule has 2 rings (SSSR count). The van der Waals surface area contributed by atoms with Gasteiger partial charge < -0.3 is 15.4 Å². The van der Waals surface area contributed by atoms with Gasteiger partial charge in [0.15, 0.2) is 5.96 Å². The Morgan fingerprint density at radius 1 is 1.04 bits per heavy atom. The van der Waals surface area contributed by atoms with Crippen LogP contribution in [0.15, 0.2) is 53.5 Å². The molecule has 0 unspecified atom stereocenters. The maximum atomic E-state index is 13.2. The first-order chi connectivity index (χ1) is 11.7. The normalized spacial score (nSPS) is 11.2. The Morgan fingerprint density at radius 2 is 1.71 bits per heavy atom. The zero-order chi connectivity index (χ0) is 17.2. The summed E-state index contributed by atoms with van der Waals surface area (Å²) in [7, 11) is 1.71. The lowest BCUT2D eigenvalue weighted by molar-refractivity contribution is 0.317. The zero-order valence-corrected chi connectivity index (χ0v) is 14.2. The molecule has 0 saturated carbocycles. The molecular formula is C19H24FN3O. The van der Waals surface area contributed by atoms with Crippen LogP contribution in [0.2, 0.25) is 0 Å². The number of halogens is 1. The summed E-state index contributed by atoms with van der Waals surface area (Å²) in [5.74, 6) is 1.30. The van der Waals surface area contributed by atoms with Crippen molar-refractivity contribution in [3.63, 3.8) is 0 Å². The van der Waals surface area contributed by atoms with E-state index in [4.69, 9.17) is 4.74 Å². The highest BCUT2D eigenvalue weighted by atomic mass is 19.1. The van der Waals surface area contributed by atoms with Crippen molar-refractivity contribution in [2.24, 2.45) is 4.99 Å². The molecule has 0 aliphatic carbocycles. The molecule has 2 aromatic carbocycles. The minimum Gasteiger partial charge on any atom is -0.494 e. The van der Waals surface area contributed by atoms with Gasteiger partial charge in [0.25, 0.3) is 0 Å². The topological polar surface area (TPSA) is 45.6 Å². The molecular weight excluding hydrogens is 305 g/mol. The number of aliphatic imine (C=N–C) groups is 1. The molecule has 24 heavy (non-hydrogen) atoms. The third-order valence-corrected chi connectivity index (χ3v) is 3.40. The Kier molecular flexibility index (Phi) is 7.08. The van der Waals surface area contributed by atoms with Crippen molar-refractivity contribution >= 4 is 5.96 Å². The lowest BCUT2D eigenvalue weighted by atomic mass is 10.2. The van der Waals surface area contributed by atoms with Crippen LogP contribution < -0.4 is 15.4 Å². The van der Waals surface area contributed by atoms with Gasteiger partial charge in [-0.2, -0.15) is 0 Å². The summed E-state index contributed by atoms with van der Waals surface area (Å²) < 4.78 is 18.8. The molecule has 5 heteroatoms. The monoisotopic (exact) mass is 329 g/mol. The lowest BCUT2D eigenvalue weighted by Gasteiger charge is -2.13. The molecule has 0 amide bonds. The number of rotatable bonds is 7. The molecule has 4 nitrogen and oxygen atoms in total. The van der Waals surface area contributed by atoms with Crippen molar-refractivity contribution in [1.82, 2.24) is 10.6 Å². The molecule has 2 N–H and O–H groups in total. The van der Waals surface area contributed by atoms with Crippen molar-refractivity contribution in [3.05, 3.63) is 65.5 Å². The second kappa shape index (κ2) is 9.55. The van der Waals surface area contributed by atoms with E-state index in [1.807, 2.05) is 30.3 Å². The number of guanidine groups is 1. The number of benzene rings is 2. The van der Waals surface area contributed by atoms with Crippen molar-refractivity contribution in [2.45, 2.75) is 26.4 Å². The highest BCUT2D eigenvalue weighted by Crippen LogP contribution is 2.13. The van der Waals surface area contributed by atoms with Crippen LogP contribution in [0.5, 0.6) is 5.75 Å². The second-order valence-electron chi connectivity index (χ2n) is 5.41. The quantitative estimate of drug-likeness (QED) is 0.604. The Labute approximate surface area is 142 Å². The van der Waals surface area contributed by atoms with E-state index in [1.165, 1.54) is 12.1 Å². The van der Waals surface area contributed by atoms with E-state index < -0.39 is 0 Å². The zero-order valence-electron chi connectivity index (χ0n) is 14.2. The number of hydrogen-bond donors (Lipinski definition) is 2. The van der Waals surface area contributed by atoms with Gasteiger partial charge in [0.05, 0.1) is 6.61 Å². The average Bonchev–Trinajstić information content (AvgIpc) is 2.60. The van der Waals surface area contributed by atoms with E-state index in [9.17, 15) is 4.39 Å². The van der Waals surface area contributed by atoms with Crippen LogP contribution in [0.25, 0.3) is 0 Å². The van der Waals surface area contributed by atoms with E-state index in [0.717, 1.165) is 23.3 Å². The van der Waals surface area contributed by atoms with E-state index >= 15 is 0 Å². The molecule has 0 aromatic heterocycles. The van der Waals surface area contributed by atoms with Gasteiger partial charge in [0.2, 0.25) is 0 Å². The van der Waals surface area contributed by atoms with Crippen LogP contribution in [-0.2, 0) is 13.1 Å². The van der Waals surface area contributed by atoms with Crippen LogP contribution in [0.1, 0.15) is 24.5 Å². The first-order valence-corrected chi connectivity index (χ1v) is 8.12. The Hall–Kier alpha value is -2.56. The summed E-state index contributed by atoms with van der Waals surface area (Å²) in [5, 5.41) is 6.42. The van der Waals surface area contributed by atoms with Crippen molar-refractivity contribution in [1.29, 1.82) is 0 Å². The molecule has 0 fully saturated rings. The van der Waals surface area contributed by atoms with Gasteiger partial charge in [-0.3, -0.25) is 4.99 Å². The number of nitrogens with zero attached hydrogens (tertiary/aromatic N) is 1. The molecule has 0 saturated heterocycles. The number of hydrogen-bond acceptors (Lipinski definition) is 2. The Bertz CT molecular complexity index is 673. The fourth-order valence-corrected chi connectivity index (χ4v) is 2.20. The van der Waals surface area contributed by atoms with Crippen LogP contribution in [0.3, 0.4) is 0 Å². The fourth-order valence-electron chi connectivity index (χ4n) is 2.20. The van der Waals surface area contributed by atoms with Crippen molar-refractivity contribution in [3.8, 4) is 5.75 Å². The summed E-state index contributed by atoms with van der Waals surface area (Å²) in [6.07, 6.45) is 0.985. The Morgan fingerprint density at radius 3 is 2.33 bits per heavy atom. The van der Waals surface area contributed by atoms with Gasteiger partial charge >= 0.3 is 0 Å². The fraction of sp³-hybridized carbons (Fsp3) is 0.316. The minimum absolute atomic E-state index is 0.235. The summed E-state index contributed by atoms with van der Waals surface area (Å²) in [5.41, 5.74) is 1.98. The molecule has 2 aromatic rings. The standard InChI is InChI=1S/C19H24FN3O/c1-3-10-24-18-9-5-7-16(12-18)14-23-19(21-2)22-13-15-6-4-8-17(20)11-15/h4-9,11-12H,3,10,13-14H2,1-2H3,(H2,21,22,23). The molecule has 0 bridgehead atoms. The first-order valence-electron chi connectivity index (χ1n) is 8.12. The Balaban J connectivity index is 1.85.